The van der Waals surface area contributed by atoms with E-state index in [4.69, 9.17) is 19.4 Å². The van der Waals surface area contributed by atoms with E-state index in [9.17, 15) is 0 Å². The summed E-state index contributed by atoms with van der Waals surface area (Å²) in [5, 5.41) is 1.11. The average molecular weight is 385 g/mol. The number of aryl methyl sites for hydroxylation is 2. The van der Waals surface area contributed by atoms with Crippen LogP contribution in [0.5, 0.6) is 5.88 Å². The Bertz CT molecular complexity index is 1150. The molecule has 0 unspecified atom stereocenters. The molecule has 5 nitrogen and oxygen atoms in total. The van der Waals surface area contributed by atoms with E-state index < -0.39 is 0 Å². The number of nitrogens with zero attached hydrogens (tertiary/aromatic N) is 3. The molecule has 1 aliphatic rings. The maximum absolute atomic E-state index is 5.72. The van der Waals surface area contributed by atoms with Crippen LogP contribution in [0.3, 0.4) is 0 Å². The van der Waals surface area contributed by atoms with Crippen LogP contribution in [0.2, 0.25) is 0 Å². The molecule has 0 spiro atoms. The van der Waals surface area contributed by atoms with Gasteiger partial charge in [0.1, 0.15) is 0 Å². The number of rotatable bonds is 5. The number of ether oxygens (including phenoxy) is 2. The molecular weight excluding hydrogens is 362 g/mol. The van der Waals surface area contributed by atoms with Crippen molar-refractivity contribution in [1.82, 2.24) is 14.5 Å². The van der Waals surface area contributed by atoms with Gasteiger partial charge in [-0.15, -0.1) is 0 Å². The molecule has 0 fully saturated rings. The van der Waals surface area contributed by atoms with Crippen LogP contribution in [0.4, 0.5) is 0 Å². The third-order valence-electron chi connectivity index (χ3n) is 5.48. The minimum Gasteiger partial charge on any atom is -0.482 e. The Morgan fingerprint density at radius 1 is 1.00 bits per heavy atom. The second kappa shape index (κ2) is 7.68. The standard InChI is InChI=1S/C24H23N3O2/c1-28-23-15-18-9-5-6-10-22(18)27(23)24-25-20(12-11-17-7-3-2-4-8-17)19-16-29-14-13-21(19)26-24/h2-10,15H,11-14,16H2,1H3. The average Bonchev–Trinajstić information content (AvgIpc) is 3.16. The second-order valence-corrected chi connectivity index (χ2v) is 7.26. The zero-order valence-electron chi connectivity index (χ0n) is 16.5. The van der Waals surface area contributed by atoms with Gasteiger partial charge in [-0.25, -0.2) is 14.5 Å². The van der Waals surface area contributed by atoms with E-state index >= 15 is 0 Å². The molecule has 1 aliphatic heterocycles. The SMILES string of the molecule is COc1cc2ccccc2n1-c1nc2c(c(CCc3ccccc3)n1)COCC2. The molecule has 2 aromatic heterocycles. The lowest BCUT2D eigenvalue weighted by atomic mass is 10.0. The molecule has 5 rings (SSSR count). The number of methoxy groups -OCH3 is 1. The smallest absolute Gasteiger partial charge is 0.237 e. The molecule has 2 aromatic carbocycles. The van der Waals surface area contributed by atoms with Gasteiger partial charge in [0.05, 0.1) is 37.2 Å². The summed E-state index contributed by atoms with van der Waals surface area (Å²) < 4.78 is 13.4. The van der Waals surface area contributed by atoms with Gasteiger partial charge >= 0.3 is 0 Å². The van der Waals surface area contributed by atoms with Crippen LogP contribution in [0.25, 0.3) is 16.9 Å². The van der Waals surface area contributed by atoms with Crippen molar-refractivity contribution < 1.29 is 9.47 Å². The molecule has 0 amide bonds. The van der Waals surface area contributed by atoms with Crippen molar-refractivity contribution in [3.05, 3.63) is 83.2 Å². The van der Waals surface area contributed by atoms with Crippen LogP contribution in [0, 0.1) is 0 Å². The van der Waals surface area contributed by atoms with E-state index in [-0.39, 0.29) is 0 Å². The highest BCUT2D eigenvalue weighted by Crippen LogP contribution is 2.29. The zero-order chi connectivity index (χ0) is 19.6. The highest BCUT2D eigenvalue weighted by molar-refractivity contribution is 5.83. The molecule has 146 valence electrons. The summed E-state index contributed by atoms with van der Waals surface area (Å²) in [5.41, 5.74) is 5.65. The number of hydrogen-bond acceptors (Lipinski definition) is 4. The lowest BCUT2D eigenvalue weighted by molar-refractivity contribution is 0.108. The molecule has 0 N–H and O–H groups in total. The Kier molecular flexibility index (Phi) is 4.74. The van der Waals surface area contributed by atoms with Gasteiger partial charge in [-0.1, -0.05) is 48.5 Å². The fourth-order valence-corrected chi connectivity index (χ4v) is 3.98. The van der Waals surface area contributed by atoms with Crippen LogP contribution in [-0.4, -0.2) is 28.3 Å². The van der Waals surface area contributed by atoms with Gasteiger partial charge in [0, 0.05) is 23.4 Å². The van der Waals surface area contributed by atoms with Gasteiger partial charge in [-0.2, -0.15) is 0 Å². The maximum atomic E-state index is 5.72. The molecule has 0 bridgehead atoms. The van der Waals surface area contributed by atoms with Crippen LogP contribution >= 0.6 is 0 Å². The van der Waals surface area contributed by atoms with Crippen molar-refractivity contribution in [3.63, 3.8) is 0 Å². The van der Waals surface area contributed by atoms with Crippen molar-refractivity contribution in [2.45, 2.75) is 25.9 Å². The largest absolute Gasteiger partial charge is 0.482 e. The number of hydrogen-bond donors (Lipinski definition) is 0. The van der Waals surface area contributed by atoms with E-state index in [2.05, 4.69) is 36.4 Å². The molecule has 0 saturated carbocycles. The summed E-state index contributed by atoms with van der Waals surface area (Å²) in [6, 6.07) is 20.8. The molecular formula is C24H23N3O2. The molecule has 0 radical (unpaired) electrons. The van der Waals surface area contributed by atoms with E-state index in [0.717, 1.165) is 53.0 Å². The monoisotopic (exact) mass is 385 g/mol. The van der Waals surface area contributed by atoms with Gasteiger partial charge in [-0.05, 0) is 24.5 Å². The summed E-state index contributed by atoms with van der Waals surface area (Å²) in [6.45, 7) is 1.29. The molecule has 4 aromatic rings. The molecule has 0 saturated heterocycles. The molecule has 5 heteroatoms. The third-order valence-corrected chi connectivity index (χ3v) is 5.48. The van der Waals surface area contributed by atoms with E-state index in [1.54, 1.807) is 7.11 Å². The van der Waals surface area contributed by atoms with Crippen molar-refractivity contribution >= 4 is 10.9 Å². The first-order chi connectivity index (χ1) is 14.3. The minimum atomic E-state index is 0.587. The summed E-state index contributed by atoms with van der Waals surface area (Å²) >= 11 is 0. The normalized spacial score (nSPS) is 13.4. The predicted octanol–water partition coefficient (Wildman–Crippen LogP) is 4.29. The number of benzene rings is 2. The van der Waals surface area contributed by atoms with Gasteiger partial charge in [0.25, 0.3) is 0 Å². The maximum Gasteiger partial charge on any atom is 0.237 e. The number of para-hydroxylation sites is 1. The van der Waals surface area contributed by atoms with Crippen molar-refractivity contribution in [3.8, 4) is 11.8 Å². The Morgan fingerprint density at radius 2 is 1.83 bits per heavy atom. The minimum absolute atomic E-state index is 0.587. The Labute approximate surface area is 169 Å². The fraction of sp³-hybridized carbons (Fsp3) is 0.250. The first kappa shape index (κ1) is 17.9. The van der Waals surface area contributed by atoms with Crippen molar-refractivity contribution in [2.75, 3.05) is 13.7 Å². The molecule has 0 aliphatic carbocycles. The summed E-state index contributed by atoms with van der Waals surface area (Å²) in [4.78, 5) is 9.92. The Morgan fingerprint density at radius 3 is 2.69 bits per heavy atom. The van der Waals surface area contributed by atoms with E-state index in [1.165, 1.54) is 5.56 Å². The van der Waals surface area contributed by atoms with Crippen LogP contribution in [0.15, 0.2) is 60.7 Å². The Hall–Kier alpha value is -3.18. The lowest BCUT2D eigenvalue weighted by Gasteiger charge is -2.20. The van der Waals surface area contributed by atoms with Crippen LogP contribution < -0.4 is 4.74 Å². The lowest BCUT2D eigenvalue weighted by Crippen LogP contribution is -2.19. The predicted molar refractivity (Wildman–Crippen MR) is 113 cm³/mol. The Balaban J connectivity index is 1.61. The summed E-state index contributed by atoms with van der Waals surface area (Å²) in [5.74, 6) is 1.42. The van der Waals surface area contributed by atoms with Crippen molar-refractivity contribution in [2.24, 2.45) is 0 Å². The van der Waals surface area contributed by atoms with Gasteiger partial charge in [0.15, 0.2) is 0 Å². The second-order valence-electron chi connectivity index (χ2n) is 7.26. The van der Waals surface area contributed by atoms with E-state index in [0.29, 0.717) is 19.2 Å². The number of aromatic nitrogens is 3. The first-order valence-electron chi connectivity index (χ1n) is 9.98. The summed E-state index contributed by atoms with van der Waals surface area (Å²) in [6.07, 6.45) is 2.60. The molecule has 0 atom stereocenters. The van der Waals surface area contributed by atoms with Gasteiger partial charge in [0.2, 0.25) is 11.8 Å². The third kappa shape index (κ3) is 3.38. The zero-order valence-corrected chi connectivity index (χ0v) is 16.5. The fourth-order valence-electron chi connectivity index (χ4n) is 3.98. The topological polar surface area (TPSA) is 49.2 Å². The van der Waals surface area contributed by atoms with Crippen LogP contribution in [-0.2, 0) is 30.6 Å². The van der Waals surface area contributed by atoms with Crippen molar-refractivity contribution in [1.29, 1.82) is 0 Å². The quantitative estimate of drug-likeness (QED) is 0.514. The first-order valence-corrected chi connectivity index (χ1v) is 9.98. The van der Waals surface area contributed by atoms with E-state index in [1.807, 2.05) is 28.8 Å². The highest BCUT2D eigenvalue weighted by atomic mass is 16.5. The van der Waals surface area contributed by atoms with Gasteiger partial charge < -0.3 is 9.47 Å². The highest BCUT2D eigenvalue weighted by Gasteiger charge is 2.21. The molecule has 3 heterocycles. The summed E-state index contributed by atoms with van der Waals surface area (Å²) in [7, 11) is 1.69. The number of fused-ring (bicyclic) bond motifs is 2. The molecule has 29 heavy (non-hydrogen) atoms. The van der Waals surface area contributed by atoms with Gasteiger partial charge in [-0.3, -0.25) is 0 Å². The van der Waals surface area contributed by atoms with Crippen LogP contribution in [0.1, 0.15) is 22.5 Å².